The highest BCUT2D eigenvalue weighted by molar-refractivity contribution is 7.66. The van der Waals surface area contributed by atoms with E-state index in [-0.39, 0.29) is 51.2 Å². The van der Waals surface area contributed by atoms with E-state index >= 15 is 0 Å². The monoisotopic (exact) mass is 1190 g/mol. The summed E-state index contributed by atoms with van der Waals surface area (Å²) in [6.45, 7) is 0.00995. The van der Waals surface area contributed by atoms with E-state index < -0.39 is 142 Å². The maximum Gasteiger partial charge on any atom is 0.490 e. The van der Waals surface area contributed by atoms with E-state index in [1.807, 2.05) is 0 Å². The fraction of sp³-hybridized carbons (Fsp3) is 0.571. The molecular weight excluding hydrogens is 1140 g/mol. The summed E-state index contributed by atoms with van der Waals surface area (Å²) in [5.74, 6) is -0.664. The molecule has 428 valence electrons. The molecule has 0 spiro atoms. The van der Waals surface area contributed by atoms with Crippen LogP contribution < -0.4 is 32.9 Å². The third-order valence-corrected chi connectivity index (χ3v) is 17.2. The summed E-state index contributed by atoms with van der Waals surface area (Å²) in [6, 6.07) is 0. The zero-order valence-corrected chi connectivity index (χ0v) is 44.1. The summed E-state index contributed by atoms with van der Waals surface area (Å²) in [5.41, 5.74) is 15.7. The Bertz CT molecular complexity index is 3540. The molecule has 9 rings (SSSR count). The first-order chi connectivity index (χ1) is 36.6. The fourth-order valence-electron chi connectivity index (χ4n) is 8.76. The van der Waals surface area contributed by atoms with E-state index in [1.54, 1.807) is 13.8 Å². The van der Waals surface area contributed by atoms with Gasteiger partial charge in [-0.15, -0.1) is 0 Å². The van der Waals surface area contributed by atoms with Gasteiger partial charge < -0.3 is 75.8 Å². The lowest BCUT2D eigenvalue weighted by Crippen LogP contribution is -2.46. The van der Waals surface area contributed by atoms with Crippen molar-refractivity contribution in [2.75, 3.05) is 44.1 Å². The second-order valence-corrected chi connectivity index (χ2v) is 23.7. The molecule has 0 aromatic carbocycles. The van der Waals surface area contributed by atoms with Crippen LogP contribution in [-0.4, -0.2) is 176 Å². The number of imidazole rings is 3. The summed E-state index contributed by atoms with van der Waals surface area (Å²) in [4.78, 5) is 96.6. The number of anilines is 3. The summed E-state index contributed by atoms with van der Waals surface area (Å²) in [7, 11) is -20.9. The van der Waals surface area contributed by atoms with Crippen molar-refractivity contribution < 1.29 is 108 Å². The molecule has 3 fully saturated rings. The molecule has 6 aromatic rings. The van der Waals surface area contributed by atoms with Crippen LogP contribution in [0.1, 0.15) is 32.5 Å². The number of H-pyrrole nitrogens is 2. The average Bonchev–Trinajstić information content (AvgIpc) is 4.27. The molecule has 0 amide bonds. The summed E-state index contributed by atoms with van der Waals surface area (Å²) < 4.78 is 116. The third kappa shape index (κ3) is 11.7. The highest BCUT2D eigenvalue weighted by Crippen LogP contribution is 2.68. The van der Waals surface area contributed by atoms with Gasteiger partial charge in [-0.1, -0.05) is 4.98 Å². The molecule has 3 aliphatic heterocycles. The Kier molecular flexibility index (Phi) is 16.0. The second-order valence-electron chi connectivity index (χ2n) is 17.6. The van der Waals surface area contributed by atoms with Crippen LogP contribution in [0.2, 0.25) is 0 Å². The Balaban J connectivity index is 0.878. The van der Waals surface area contributed by atoms with Gasteiger partial charge in [0.1, 0.15) is 66.8 Å². The predicted molar refractivity (Wildman–Crippen MR) is 253 cm³/mol. The molecule has 6 aromatic heterocycles. The lowest BCUT2D eigenvalue weighted by atomic mass is 10.1. The number of aryl methyl sites for hydroxylation is 1. The number of fused-ring (bicyclic) bond motifs is 3. The quantitative estimate of drug-likeness (QED) is 0.0248. The number of aromatic amines is 2. The van der Waals surface area contributed by atoms with Crippen molar-refractivity contribution >= 4 is 82.5 Å². The number of aliphatic hydroxyl groups excluding tert-OH is 3. The van der Waals surface area contributed by atoms with Crippen molar-refractivity contribution in [2.24, 2.45) is 7.05 Å². The van der Waals surface area contributed by atoms with Crippen molar-refractivity contribution in [3.63, 3.8) is 0 Å². The average molecular weight is 1190 g/mol. The first kappa shape index (κ1) is 57.5. The van der Waals surface area contributed by atoms with E-state index in [0.29, 0.717) is 0 Å². The van der Waals surface area contributed by atoms with E-state index in [9.17, 15) is 62.7 Å². The number of aromatic nitrogens is 12. The molecule has 15 N–H and O–H groups in total. The largest absolute Gasteiger partial charge is 0.490 e. The van der Waals surface area contributed by atoms with Crippen molar-refractivity contribution in [3.05, 3.63) is 46.0 Å². The lowest BCUT2D eigenvalue weighted by molar-refractivity contribution is -0.745. The number of hydrogen-bond acceptors (Lipinski definition) is 29. The van der Waals surface area contributed by atoms with Gasteiger partial charge in [0.2, 0.25) is 17.7 Å². The van der Waals surface area contributed by atoms with E-state index in [1.165, 1.54) is 27.1 Å². The Hall–Kier alpha value is -5.15. The first-order valence-corrected chi connectivity index (χ1v) is 28.5. The summed E-state index contributed by atoms with van der Waals surface area (Å²) in [6.07, 6.45) is -15.0. The molecule has 9 heterocycles. The van der Waals surface area contributed by atoms with E-state index in [2.05, 4.69) is 48.5 Å². The Labute approximate surface area is 434 Å². The first-order valence-electron chi connectivity index (χ1n) is 22.5. The molecule has 7 unspecified atom stereocenters. The van der Waals surface area contributed by atoms with Crippen LogP contribution in [0.3, 0.4) is 0 Å². The minimum atomic E-state index is -6.20. The minimum absolute atomic E-state index is 0.0203. The summed E-state index contributed by atoms with van der Waals surface area (Å²) >= 11 is 0. The van der Waals surface area contributed by atoms with Gasteiger partial charge in [-0.05, 0) is 13.8 Å². The number of phosphoric ester groups is 3. The van der Waals surface area contributed by atoms with E-state index in [4.69, 9.17) is 59.0 Å². The number of nitrogens with zero attached hydrogens (tertiary/aromatic N) is 10. The molecular formula is C35H50N15O24P4+. The topological polar surface area (TPSA) is 551 Å². The number of aliphatic hydroxyl groups is 3. The molecule has 0 aliphatic carbocycles. The van der Waals surface area contributed by atoms with Crippen LogP contribution in [0.4, 0.5) is 17.7 Å². The van der Waals surface area contributed by atoms with E-state index in [0.717, 1.165) is 30.7 Å². The Morgan fingerprint density at radius 2 is 1.27 bits per heavy atom. The highest BCUT2D eigenvalue weighted by atomic mass is 31.3. The number of methoxy groups -OCH3 is 1. The van der Waals surface area contributed by atoms with Crippen molar-refractivity contribution in [3.8, 4) is 0 Å². The van der Waals surface area contributed by atoms with Gasteiger partial charge >= 0.3 is 36.9 Å². The molecule has 3 saturated heterocycles. The molecule has 3 aliphatic rings. The van der Waals surface area contributed by atoms with Gasteiger partial charge in [0.15, 0.2) is 41.4 Å². The van der Waals surface area contributed by atoms with Gasteiger partial charge in [0.05, 0.1) is 45.6 Å². The molecule has 78 heavy (non-hydrogen) atoms. The van der Waals surface area contributed by atoms with Crippen LogP contribution in [-0.2, 0) is 75.7 Å². The van der Waals surface area contributed by atoms with Gasteiger partial charge in [-0.25, -0.2) is 42.8 Å². The number of phosphoric acid groups is 4. The molecule has 43 heteroatoms. The normalized spacial score (nSPS) is 29.8. The molecule has 0 bridgehead atoms. The zero-order valence-electron chi connectivity index (χ0n) is 40.5. The van der Waals surface area contributed by atoms with Crippen molar-refractivity contribution in [1.82, 2.24) is 53.6 Å². The van der Waals surface area contributed by atoms with Gasteiger partial charge in [0, 0.05) is 7.11 Å². The van der Waals surface area contributed by atoms with Crippen LogP contribution in [0.5, 0.6) is 0 Å². The third-order valence-electron chi connectivity index (χ3n) is 12.0. The molecule has 39 nitrogen and oxygen atoms in total. The number of nitrogens with one attached hydrogen (secondary N) is 2. The van der Waals surface area contributed by atoms with Crippen molar-refractivity contribution in [1.29, 1.82) is 0 Å². The molecule has 0 saturated carbocycles. The lowest BCUT2D eigenvalue weighted by Gasteiger charge is -2.27. The van der Waals surface area contributed by atoms with Gasteiger partial charge in [-0.2, -0.15) is 13.6 Å². The number of nitrogens with two attached hydrogens (primary N) is 3. The van der Waals surface area contributed by atoms with Crippen molar-refractivity contribution in [2.45, 2.75) is 93.6 Å². The second kappa shape index (κ2) is 21.7. The zero-order chi connectivity index (χ0) is 56.6. The number of ether oxygens (including phenoxy) is 5. The highest BCUT2D eigenvalue weighted by Gasteiger charge is 2.54. The minimum Gasteiger partial charge on any atom is -0.387 e. The maximum absolute atomic E-state index is 13.9. The smallest absolute Gasteiger partial charge is 0.387 e. The maximum atomic E-state index is 13.9. The number of hydrogen-bond donors (Lipinski definition) is 12. The SMILES string of the molecule is COC1[C@@H](OP(=O)(O)OC[C@H]2O[C@@H](n3cnc4c(=O)[nH]c(N)nc43)C(O)[C@H]2OC(C)C)[C@@H](COP(=O)(O)OP(=O)(O)OP(=O)(O)OC[C@@H]2O[C@H]([n+]3cn(C)c4c(=O)[nH]c(N)nc43)C(O)[C@@H]2O)O[C@H]1n1cnc2c(N)ncnc21. The fourth-order valence-corrected chi connectivity index (χ4v) is 13.2. The molecule has 16 atom stereocenters. The predicted octanol–water partition coefficient (Wildman–Crippen LogP) is -3.28. The van der Waals surface area contributed by atoms with Crippen LogP contribution in [0.15, 0.2) is 34.9 Å². The van der Waals surface area contributed by atoms with Gasteiger partial charge in [-0.3, -0.25) is 51.4 Å². The summed E-state index contributed by atoms with van der Waals surface area (Å²) in [5, 5.41) is 33.0. The number of nitrogen functional groups attached to an aromatic ring is 3. The van der Waals surface area contributed by atoms with Crippen LogP contribution in [0, 0.1) is 0 Å². The number of rotatable bonds is 21. The van der Waals surface area contributed by atoms with Gasteiger partial charge in [0.25, 0.3) is 17.1 Å². The Morgan fingerprint density at radius 1 is 0.692 bits per heavy atom. The van der Waals surface area contributed by atoms with Crippen LogP contribution >= 0.6 is 31.3 Å². The van der Waals surface area contributed by atoms with Crippen LogP contribution in [0.25, 0.3) is 33.5 Å². The Morgan fingerprint density at radius 3 is 1.92 bits per heavy atom. The molecule has 0 radical (unpaired) electrons. The standard InChI is InChI=1S/C35H49N15O24P4/c1-12(2)68-22-14(70-32(21(22)53)49-10-42-17-27(49)43-34(37)45-29(17)54)6-65-75(56,57)72-23-15(71-33(24(23)64-4)48-9-41-16-25(36)39-8-40-26(16)48)7-67-77(60,61)74-78(62,63)73-76(58,59)66-5-13-19(51)20(52)31(69-13)50-11-47(3)18-28(50)44-35(38)46-30(18)55/h8-15,19-24,31-33,51-53H,5-7H2,1-4H3,(H11-,36,37,38,39,40,43,44,45,46,54,55,56,57,58,59,60,61,62,63)/p+1/t13-,14+,15+,19+,20?,21?,22-,23-,24?,31-,32+,33+/m0/s1.